The summed E-state index contributed by atoms with van der Waals surface area (Å²) in [6.07, 6.45) is 0. The van der Waals surface area contributed by atoms with Crippen LogP contribution in [0.2, 0.25) is 0 Å². The maximum absolute atomic E-state index is 13.1. The summed E-state index contributed by atoms with van der Waals surface area (Å²) in [6.45, 7) is 5.52. The molecule has 1 fully saturated rings. The molecule has 0 unspecified atom stereocenters. The maximum Gasteiger partial charge on any atom is 0.253 e. The van der Waals surface area contributed by atoms with Crippen molar-refractivity contribution in [2.45, 2.75) is 19.8 Å². The van der Waals surface area contributed by atoms with E-state index in [-0.39, 0.29) is 23.7 Å². The first kappa shape index (κ1) is 21.7. The third-order valence-corrected chi connectivity index (χ3v) is 5.49. The topological polar surface area (TPSA) is 67.9 Å². The number of nitrogens with one attached hydrogen (secondary N) is 1. The number of benzene rings is 2. The molecule has 1 heterocycles. The van der Waals surface area contributed by atoms with Crippen LogP contribution in [-0.2, 0) is 4.79 Å². The minimum Gasteiger partial charge on any atom is -0.497 e. The Kier molecular flexibility index (Phi) is 6.98. The van der Waals surface area contributed by atoms with Crippen molar-refractivity contribution < 1.29 is 19.1 Å². The highest BCUT2D eigenvalue weighted by atomic mass is 16.5. The highest BCUT2D eigenvalue weighted by molar-refractivity contribution is 5.95. The number of amides is 2. The second-order valence-electron chi connectivity index (χ2n) is 8.04. The first-order chi connectivity index (χ1) is 14.4. The maximum atomic E-state index is 13.1. The Hall–Kier alpha value is -3.02. The van der Waals surface area contributed by atoms with Crippen molar-refractivity contribution in [3.8, 4) is 11.5 Å². The molecule has 6 nitrogen and oxygen atoms in total. The minimum absolute atomic E-state index is 0.0399. The van der Waals surface area contributed by atoms with E-state index in [1.54, 1.807) is 31.3 Å². The molecule has 1 aliphatic heterocycles. The molecule has 0 aromatic heterocycles. The minimum atomic E-state index is -0.364. The molecule has 1 N–H and O–H groups in total. The summed E-state index contributed by atoms with van der Waals surface area (Å²) in [5.74, 6) is 1.08. The smallest absolute Gasteiger partial charge is 0.253 e. The number of ether oxygens (including phenoxy) is 2. The zero-order valence-electron chi connectivity index (χ0n) is 18.1. The Morgan fingerprint density at radius 2 is 1.80 bits per heavy atom. The molecule has 3 rings (SSSR count). The van der Waals surface area contributed by atoms with Crippen LogP contribution in [0.25, 0.3) is 0 Å². The monoisotopic (exact) mass is 410 g/mol. The van der Waals surface area contributed by atoms with Crippen LogP contribution < -0.4 is 14.8 Å². The average molecular weight is 411 g/mol. The molecule has 160 valence electrons. The van der Waals surface area contributed by atoms with Gasteiger partial charge in [0.25, 0.3) is 5.91 Å². The molecule has 6 heteroatoms. The molecule has 0 spiro atoms. The molecule has 1 aliphatic rings. The van der Waals surface area contributed by atoms with Gasteiger partial charge in [-0.05, 0) is 36.2 Å². The van der Waals surface area contributed by atoms with Crippen molar-refractivity contribution in [1.29, 1.82) is 0 Å². The molecule has 0 bridgehead atoms. The van der Waals surface area contributed by atoms with Gasteiger partial charge in [0.2, 0.25) is 5.91 Å². The lowest BCUT2D eigenvalue weighted by Crippen LogP contribution is -2.37. The molecule has 2 amide bonds. The van der Waals surface area contributed by atoms with Crippen LogP contribution in [0.3, 0.4) is 0 Å². The number of carbonyl (C=O) groups excluding carboxylic acids is 2. The van der Waals surface area contributed by atoms with E-state index in [0.29, 0.717) is 42.6 Å². The second-order valence-corrected chi connectivity index (χ2v) is 8.04. The van der Waals surface area contributed by atoms with E-state index in [1.165, 1.54) is 0 Å². The van der Waals surface area contributed by atoms with E-state index in [9.17, 15) is 9.59 Å². The predicted molar refractivity (Wildman–Crippen MR) is 116 cm³/mol. The van der Waals surface area contributed by atoms with Crippen LogP contribution in [0.1, 0.15) is 35.7 Å². The van der Waals surface area contributed by atoms with Gasteiger partial charge in [0.05, 0.1) is 20.1 Å². The Labute approximate surface area is 178 Å². The Bertz CT molecular complexity index is 882. The Balaban J connectivity index is 1.93. The number of likely N-dealkylation sites (tertiary alicyclic amines) is 1. The molecule has 1 saturated heterocycles. The van der Waals surface area contributed by atoms with Crippen molar-refractivity contribution in [3.63, 3.8) is 0 Å². The van der Waals surface area contributed by atoms with Gasteiger partial charge in [0.15, 0.2) is 0 Å². The van der Waals surface area contributed by atoms with Crippen molar-refractivity contribution >= 4 is 11.8 Å². The van der Waals surface area contributed by atoms with Gasteiger partial charge in [-0.15, -0.1) is 0 Å². The summed E-state index contributed by atoms with van der Waals surface area (Å²) in [5, 5.41) is 3.04. The summed E-state index contributed by atoms with van der Waals surface area (Å²) < 4.78 is 11.0. The molecule has 0 saturated carbocycles. The largest absolute Gasteiger partial charge is 0.497 e. The van der Waals surface area contributed by atoms with E-state index in [1.807, 2.05) is 36.4 Å². The fourth-order valence-corrected chi connectivity index (χ4v) is 3.88. The van der Waals surface area contributed by atoms with Crippen LogP contribution in [-0.4, -0.2) is 50.6 Å². The van der Waals surface area contributed by atoms with Gasteiger partial charge in [-0.25, -0.2) is 0 Å². The Morgan fingerprint density at radius 1 is 1.07 bits per heavy atom. The van der Waals surface area contributed by atoms with Crippen LogP contribution in [0.4, 0.5) is 0 Å². The molecule has 0 radical (unpaired) electrons. The van der Waals surface area contributed by atoms with Crippen LogP contribution in [0, 0.1) is 11.8 Å². The van der Waals surface area contributed by atoms with E-state index in [2.05, 4.69) is 19.2 Å². The SMILES string of the molecule is COc1ccc(OC)c([C@@H]2CN(C(=O)c3ccccc3)C[C@H]2C(=O)NCC(C)C)c1. The standard InChI is InChI=1S/C24H30N2O4/c1-16(2)13-25-23(27)21-15-26(24(28)17-8-6-5-7-9-17)14-20(21)19-12-18(29-3)10-11-22(19)30-4/h5-12,16,20-21H,13-15H2,1-4H3,(H,25,27)/t20-,21+/m0/s1. The van der Waals surface area contributed by atoms with Crippen molar-refractivity contribution in [2.24, 2.45) is 11.8 Å². The van der Waals surface area contributed by atoms with E-state index in [0.717, 1.165) is 5.56 Å². The highest BCUT2D eigenvalue weighted by Crippen LogP contribution is 2.40. The first-order valence-corrected chi connectivity index (χ1v) is 10.3. The lowest BCUT2D eigenvalue weighted by molar-refractivity contribution is -0.125. The molecule has 0 aliphatic carbocycles. The fourth-order valence-electron chi connectivity index (χ4n) is 3.88. The normalized spacial score (nSPS) is 18.4. The van der Waals surface area contributed by atoms with Gasteiger partial charge in [-0.1, -0.05) is 32.0 Å². The Morgan fingerprint density at radius 3 is 2.43 bits per heavy atom. The molecular weight excluding hydrogens is 380 g/mol. The lowest BCUT2D eigenvalue weighted by atomic mass is 9.87. The summed E-state index contributed by atoms with van der Waals surface area (Å²) in [5.41, 5.74) is 1.50. The van der Waals surface area contributed by atoms with Crippen molar-refractivity contribution in [2.75, 3.05) is 33.9 Å². The van der Waals surface area contributed by atoms with Gasteiger partial charge in [0.1, 0.15) is 11.5 Å². The van der Waals surface area contributed by atoms with E-state index in [4.69, 9.17) is 9.47 Å². The number of hydrogen-bond donors (Lipinski definition) is 1. The molecule has 30 heavy (non-hydrogen) atoms. The van der Waals surface area contributed by atoms with E-state index >= 15 is 0 Å². The number of methoxy groups -OCH3 is 2. The second kappa shape index (κ2) is 9.65. The van der Waals surface area contributed by atoms with Crippen molar-refractivity contribution in [1.82, 2.24) is 10.2 Å². The summed E-state index contributed by atoms with van der Waals surface area (Å²) in [4.78, 5) is 27.9. The fraction of sp³-hybridized carbons (Fsp3) is 0.417. The lowest BCUT2D eigenvalue weighted by Gasteiger charge is -2.21. The van der Waals surface area contributed by atoms with Crippen molar-refractivity contribution in [3.05, 3.63) is 59.7 Å². The van der Waals surface area contributed by atoms with Gasteiger partial charge in [-0.2, -0.15) is 0 Å². The summed E-state index contributed by atoms with van der Waals surface area (Å²) >= 11 is 0. The van der Waals surface area contributed by atoms with Gasteiger partial charge in [-0.3, -0.25) is 9.59 Å². The number of nitrogens with zero attached hydrogens (tertiary/aromatic N) is 1. The van der Waals surface area contributed by atoms with Gasteiger partial charge >= 0.3 is 0 Å². The first-order valence-electron chi connectivity index (χ1n) is 10.3. The summed E-state index contributed by atoms with van der Waals surface area (Å²) in [7, 11) is 3.22. The highest BCUT2D eigenvalue weighted by Gasteiger charge is 2.41. The third-order valence-electron chi connectivity index (χ3n) is 5.49. The van der Waals surface area contributed by atoms with Crippen LogP contribution in [0.5, 0.6) is 11.5 Å². The average Bonchev–Trinajstić information content (AvgIpc) is 3.22. The number of hydrogen-bond acceptors (Lipinski definition) is 4. The number of carbonyl (C=O) groups is 2. The van der Waals surface area contributed by atoms with Crippen LogP contribution >= 0.6 is 0 Å². The number of rotatable bonds is 7. The van der Waals surface area contributed by atoms with E-state index < -0.39 is 0 Å². The quantitative estimate of drug-likeness (QED) is 0.760. The third kappa shape index (κ3) is 4.75. The zero-order chi connectivity index (χ0) is 21.7. The molecule has 2 aromatic carbocycles. The molecule has 2 atom stereocenters. The zero-order valence-corrected chi connectivity index (χ0v) is 18.1. The predicted octanol–water partition coefficient (Wildman–Crippen LogP) is 3.33. The molecule has 2 aromatic rings. The van der Waals surface area contributed by atoms with Crippen LogP contribution in [0.15, 0.2) is 48.5 Å². The van der Waals surface area contributed by atoms with Gasteiger partial charge in [0, 0.05) is 36.7 Å². The summed E-state index contributed by atoms with van der Waals surface area (Å²) in [6, 6.07) is 14.8. The van der Waals surface area contributed by atoms with Gasteiger partial charge < -0.3 is 19.7 Å². The molecular formula is C24H30N2O4.